The van der Waals surface area contributed by atoms with Gasteiger partial charge in [0.05, 0.1) is 5.92 Å². The molecule has 0 aromatic heterocycles. The summed E-state index contributed by atoms with van der Waals surface area (Å²) in [5.41, 5.74) is 1.09. The number of hydrogen-bond acceptors (Lipinski definition) is 2. The zero-order chi connectivity index (χ0) is 9.56. The van der Waals surface area contributed by atoms with Crippen LogP contribution in [0.2, 0.25) is 0 Å². The highest BCUT2D eigenvalue weighted by Gasteiger charge is 2.11. The number of ether oxygens (including phenoxy) is 1. The molecule has 0 saturated carbocycles. The van der Waals surface area contributed by atoms with Crippen LogP contribution in [0, 0.1) is 5.92 Å². The van der Waals surface area contributed by atoms with E-state index in [4.69, 9.17) is 4.74 Å². The van der Waals surface area contributed by atoms with Gasteiger partial charge in [0.25, 0.3) is 0 Å². The molecule has 0 spiro atoms. The first kappa shape index (κ1) is 11.2. The number of esters is 1. The van der Waals surface area contributed by atoms with Crippen LogP contribution in [0.1, 0.15) is 34.1 Å². The average Bonchev–Trinajstić information content (AvgIpc) is 2.11. The zero-order valence-corrected chi connectivity index (χ0v) is 8.39. The van der Waals surface area contributed by atoms with Gasteiger partial charge in [0.15, 0.2) is 0 Å². The Hall–Kier alpha value is -0.790. The highest BCUT2D eigenvalue weighted by molar-refractivity contribution is 5.72. The molecule has 0 aromatic carbocycles. The molecule has 0 bridgehead atoms. The number of rotatable bonds is 4. The fourth-order valence-corrected chi connectivity index (χ4v) is 0.577. The highest BCUT2D eigenvalue weighted by Crippen LogP contribution is 2.04. The molecule has 2 nitrogen and oxygen atoms in total. The molecule has 0 fully saturated rings. The lowest BCUT2D eigenvalue weighted by atomic mass is 10.1. The average molecular weight is 170 g/mol. The van der Waals surface area contributed by atoms with Crippen molar-refractivity contribution in [1.82, 2.24) is 0 Å². The Morgan fingerprint density at radius 3 is 2.58 bits per heavy atom. The second kappa shape index (κ2) is 5.81. The molecule has 0 amide bonds. The van der Waals surface area contributed by atoms with Crippen LogP contribution in [0.5, 0.6) is 0 Å². The molecule has 0 aliphatic heterocycles. The Balaban J connectivity index is 3.72. The number of hydrogen-bond donors (Lipinski definition) is 0. The van der Waals surface area contributed by atoms with Crippen molar-refractivity contribution in [2.75, 3.05) is 6.61 Å². The molecule has 1 unspecified atom stereocenters. The normalized spacial score (nSPS) is 14.2. The maximum atomic E-state index is 11.1. The van der Waals surface area contributed by atoms with Crippen molar-refractivity contribution in [3.63, 3.8) is 0 Å². The number of carbonyl (C=O) groups excluding carboxylic acids is 1. The predicted octanol–water partition coefficient (Wildman–Crippen LogP) is 2.54. The maximum absolute atomic E-state index is 11.1. The van der Waals surface area contributed by atoms with E-state index in [9.17, 15) is 4.79 Å². The first-order chi connectivity index (χ1) is 5.61. The summed E-state index contributed by atoms with van der Waals surface area (Å²) in [5.74, 6) is -0.0756. The van der Waals surface area contributed by atoms with Gasteiger partial charge >= 0.3 is 5.97 Å². The van der Waals surface area contributed by atoms with Crippen LogP contribution in [-0.2, 0) is 9.53 Å². The summed E-state index contributed by atoms with van der Waals surface area (Å²) in [6.07, 6.45) is 2.79. The lowest BCUT2D eigenvalue weighted by Crippen LogP contribution is -2.14. The molecule has 0 saturated heterocycles. The van der Waals surface area contributed by atoms with Gasteiger partial charge in [-0.3, -0.25) is 4.79 Å². The maximum Gasteiger partial charge on any atom is 0.308 e. The van der Waals surface area contributed by atoms with Crippen molar-refractivity contribution in [2.45, 2.75) is 34.1 Å². The molecule has 2 heteroatoms. The summed E-state index contributed by atoms with van der Waals surface area (Å²) in [5, 5.41) is 0. The third-order valence-corrected chi connectivity index (χ3v) is 1.95. The van der Waals surface area contributed by atoms with Crippen molar-refractivity contribution >= 4 is 5.97 Å². The van der Waals surface area contributed by atoms with Crippen LogP contribution in [-0.4, -0.2) is 12.6 Å². The van der Waals surface area contributed by atoms with Crippen molar-refractivity contribution in [3.8, 4) is 0 Å². The third-order valence-electron chi connectivity index (χ3n) is 1.95. The summed E-state index contributed by atoms with van der Waals surface area (Å²) in [6, 6.07) is 0. The number of carbonyl (C=O) groups is 1. The van der Waals surface area contributed by atoms with Gasteiger partial charge in [-0.25, -0.2) is 0 Å². The summed E-state index contributed by atoms with van der Waals surface area (Å²) in [7, 11) is 0. The van der Waals surface area contributed by atoms with E-state index in [1.54, 1.807) is 0 Å². The lowest BCUT2D eigenvalue weighted by molar-refractivity contribution is -0.147. The SMILES string of the molecule is CC=C(C)COC(=O)C(C)CC. The Morgan fingerprint density at radius 1 is 1.58 bits per heavy atom. The second-order valence-corrected chi connectivity index (χ2v) is 3.05. The van der Waals surface area contributed by atoms with Crippen LogP contribution in [0.4, 0.5) is 0 Å². The minimum absolute atomic E-state index is 0.0228. The Kier molecular flexibility index (Phi) is 5.43. The summed E-state index contributed by atoms with van der Waals surface area (Å²) in [4.78, 5) is 11.1. The van der Waals surface area contributed by atoms with Gasteiger partial charge in [0.2, 0.25) is 0 Å². The second-order valence-electron chi connectivity index (χ2n) is 3.05. The van der Waals surface area contributed by atoms with Crippen LogP contribution in [0.25, 0.3) is 0 Å². The van der Waals surface area contributed by atoms with Crippen LogP contribution < -0.4 is 0 Å². The summed E-state index contributed by atoms with van der Waals surface area (Å²) >= 11 is 0. The molecule has 0 rings (SSSR count). The molecule has 0 aromatic rings. The number of allylic oxidation sites excluding steroid dienone is 1. The highest BCUT2D eigenvalue weighted by atomic mass is 16.5. The van der Waals surface area contributed by atoms with Crippen LogP contribution in [0.15, 0.2) is 11.6 Å². The van der Waals surface area contributed by atoms with Crippen molar-refractivity contribution in [1.29, 1.82) is 0 Å². The first-order valence-electron chi connectivity index (χ1n) is 4.40. The lowest BCUT2D eigenvalue weighted by Gasteiger charge is -2.08. The standard InChI is InChI=1S/C10H18O2/c1-5-8(3)7-12-10(11)9(4)6-2/h5,9H,6-7H2,1-4H3. The molecule has 1 atom stereocenters. The van der Waals surface area contributed by atoms with Crippen molar-refractivity contribution in [3.05, 3.63) is 11.6 Å². The van der Waals surface area contributed by atoms with E-state index in [1.807, 2.05) is 33.8 Å². The minimum atomic E-state index is -0.0984. The zero-order valence-electron chi connectivity index (χ0n) is 8.39. The van der Waals surface area contributed by atoms with Crippen LogP contribution in [0.3, 0.4) is 0 Å². The fraction of sp³-hybridized carbons (Fsp3) is 0.700. The predicted molar refractivity (Wildman–Crippen MR) is 49.8 cm³/mol. The monoisotopic (exact) mass is 170 g/mol. The van der Waals surface area contributed by atoms with Gasteiger partial charge in [-0.2, -0.15) is 0 Å². The van der Waals surface area contributed by atoms with E-state index in [0.29, 0.717) is 6.61 Å². The first-order valence-corrected chi connectivity index (χ1v) is 4.40. The molecular weight excluding hydrogens is 152 g/mol. The largest absolute Gasteiger partial charge is 0.461 e. The molecule has 12 heavy (non-hydrogen) atoms. The van der Waals surface area contributed by atoms with E-state index >= 15 is 0 Å². The molecule has 0 aliphatic rings. The smallest absolute Gasteiger partial charge is 0.308 e. The Labute approximate surface area is 74.6 Å². The van der Waals surface area contributed by atoms with Gasteiger partial charge in [0, 0.05) is 0 Å². The molecular formula is C10H18O2. The van der Waals surface area contributed by atoms with Gasteiger partial charge < -0.3 is 4.74 Å². The van der Waals surface area contributed by atoms with E-state index in [1.165, 1.54) is 0 Å². The molecule has 0 radical (unpaired) electrons. The Morgan fingerprint density at radius 2 is 2.17 bits per heavy atom. The molecule has 0 aliphatic carbocycles. The van der Waals surface area contributed by atoms with Crippen molar-refractivity contribution < 1.29 is 9.53 Å². The van der Waals surface area contributed by atoms with E-state index in [-0.39, 0.29) is 11.9 Å². The van der Waals surface area contributed by atoms with Crippen LogP contribution >= 0.6 is 0 Å². The van der Waals surface area contributed by atoms with Gasteiger partial charge in [-0.05, 0) is 25.8 Å². The van der Waals surface area contributed by atoms with Gasteiger partial charge in [-0.15, -0.1) is 0 Å². The van der Waals surface area contributed by atoms with E-state index in [0.717, 1.165) is 12.0 Å². The van der Waals surface area contributed by atoms with E-state index < -0.39 is 0 Å². The molecule has 0 heterocycles. The van der Waals surface area contributed by atoms with E-state index in [2.05, 4.69) is 0 Å². The quantitative estimate of drug-likeness (QED) is 0.478. The summed E-state index contributed by atoms with van der Waals surface area (Å²) in [6.45, 7) is 8.18. The summed E-state index contributed by atoms with van der Waals surface area (Å²) < 4.78 is 5.04. The minimum Gasteiger partial charge on any atom is -0.461 e. The third kappa shape index (κ3) is 4.16. The van der Waals surface area contributed by atoms with Gasteiger partial charge in [-0.1, -0.05) is 19.9 Å². The molecule has 70 valence electrons. The van der Waals surface area contributed by atoms with Gasteiger partial charge in [0.1, 0.15) is 6.61 Å². The topological polar surface area (TPSA) is 26.3 Å². The molecule has 0 N–H and O–H groups in total. The Bertz CT molecular complexity index is 171. The fourth-order valence-electron chi connectivity index (χ4n) is 0.577. The van der Waals surface area contributed by atoms with Crippen molar-refractivity contribution in [2.24, 2.45) is 5.92 Å².